The minimum atomic E-state index is -0.298. The summed E-state index contributed by atoms with van der Waals surface area (Å²) >= 11 is 0. The minimum Gasteiger partial charge on any atom is -0.507 e. The Hall–Kier alpha value is -1.13. The molecule has 82 valence electrons. The number of halogens is 1. The van der Waals surface area contributed by atoms with Gasteiger partial charge in [0.25, 0.3) is 0 Å². The van der Waals surface area contributed by atoms with E-state index in [1.165, 1.54) is 12.1 Å². The molecule has 4 heteroatoms. The number of nitrogens with one attached hydrogen (secondary N) is 2. The third-order valence-corrected chi connectivity index (χ3v) is 2.71. The van der Waals surface area contributed by atoms with Crippen molar-refractivity contribution in [2.75, 3.05) is 19.6 Å². The van der Waals surface area contributed by atoms with E-state index in [0.29, 0.717) is 11.1 Å². The molecule has 0 radical (unpaired) electrons. The molecule has 0 aliphatic carbocycles. The van der Waals surface area contributed by atoms with Crippen molar-refractivity contribution >= 4 is 0 Å². The van der Waals surface area contributed by atoms with Gasteiger partial charge >= 0.3 is 0 Å². The fraction of sp³-hybridized carbons (Fsp3) is 0.455. The molecule has 1 saturated heterocycles. The molecule has 2 rings (SSSR count). The van der Waals surface area contributed by atoms with Gasteiger partial charge < -0.3 is 15.7 Å². The Labute approximate surface area is 88.3 Å². The lowest BCUT2D eigenvalue weighted by Crippen LogP contribution is -2.42. The van der Waals surface area contributed by atoms with E-state index >= 15 is 0 Å². The van der Waals surface area contributed by atoms with E-state index in [0.717, 1.165) is 19.6 Å². The Morgan fingerprint density at radius 2 is 2.20 bits per heavy atom. The number of aromatic hydroxyl groups is 1. The summed E-state index contributed by atoms with van der Waals surface area (Å²) in [6, 6.07) is 2.73. The van der Waals surface area contributed by atoms with Crippen LogP contribution in [0.3, 0.4) is 0 Å². The van der Waals surface area contributed by atoms with E-state index in [2.05, 4.69) is 10.6 Å². The van der Waals surface area contributed by atoms with Crippen molar-refractivity contribution in [3.05, 3.63) is 29.1 Å². The number of hydrogen-bond acceptors (Lipinski definition) is 3. The molecule has 0 bridgehead atoms. The van der Waals surface area contributed by atoms with Crippen LogP contribution >= 0.6 is 0 Å². The van der Waals surface area contributed by atoms with Gasteiger partial charge in [-0.05, 0) is 24.6 Å². The molecule has 1 atom stereocenters. The third kappa shape index (κ3) is 2.11. The Kier molecular flexibility index (Phi) is 2.88. The molecule has 1 fully saturated rings. The molecule has 0 unspecified atom stereocenters. The van der Waals surface area contributed by atoms with Crippen molar-refractivity contribution in [1.82, 2.24) is 10.6 Å². The van der Waals surface area contributed by atoms with Crippen molar-refractivity contribution in [2.24, 2.45) is 0 Å². The fourth-order valence-electron chi connectivity index (χ4n) is 1.90. The van der Waals surface area contributed by atoms with E-state index in [1.807, 2.05) is 0 Å². The second-order valence-corrected chi connectivity index (χ2v) is 3.87. The van der Waals surface area contributed by atoms with Crippen molar-refractivity contribution < 1.29 is 9.50 Å². The fourth-order valence-corrected chi connectivity index (χ4v) is 1.90. The highest BCUT2D eigenvalue weighted by Crippen LogP contribution is 2.28. The molecule has 1 aromatic carbocycles. The second kappa shape index (κ2) is 4.16. The molecule has 1 aliphatic heterocycles. The highest BCUT2D eigenvalue weighted by atomic mass is 19.1. The van der Waals surface area contributed by atoms with Crippen LogP contribution in [0.15, 0.2) is 12.1 Å². The third-order valence-electron chi connectivity index (χ3n) is 2.71. The van der Waals surface area contributed by atoms with Crippen molar-refractivity contribution in [3.8, 4) is 5.75 Å². The molecule has 3 N–H and O–H groups in total. The molecule has 0 saturated carbocycles. The summed E-state index contributed by atoms with van der Waals surface area (Å²) < 4.78 is 13.2. The van der Waals surface area contributed by atoms with Gasteiger partial charge in [0.05, 0.1) is 0 Å². The zero-order valence-corrected chi connectivity index (χ0v) is 8.68. The highest BCUT2D eigenvalue weighted by Gasteiger charge is 2.19. The molecular formula is C11H15FN2O. The lowest BCUT2D eigenvalue weighted by molar-refractivity contribution is 0.400. The average Bonchev–Trinajstić information content (AvgIpc) is 2.24. The standard InChI is InChI=1S/C11H15FN2O/c1-7-4-8(12)5-9(11(7)15)10-6-13-2-3-14-10/h4-5,10,13-15H,2-3,6H2,1H3/t10-/m0/s1. The summed E-state index contributed by atoms with van der Waals surface area (Å²) in [5.41, 5.74) is 1.22. The summed E-state index contributed by atoms with van der Waals surface area (Å²) in [5, 5.41) is 16.3. The predicted octanol–water partition coefficient (Wildman–Crippen LogP) is 1.07. The van der Waals surface area contributed by atoms with E-state index < -0.39 is 0 Å². The van der Waals surface area contributed by atoms with Gasteiger partial charge in [0, 0.05) is 31.2 Å². The van der Waals surface area contributed by atoms with Crippen molar-refractivity contribution in [3.63, 3.8) is 0 Å². The van der Waals surface area contributed by atoms with Crippen LogP contribution in [0.2, 0.25) is 0 Å². The Morgan fingerprint density at radius 3 is 2.87 bits per heavy atom. The summed E-state index contributed by atoms with van der Waals surface area (Å²) in [7, 11) is 0. The van der Waals surface area contributed by atoms with Crippen LogP contribution in [-0.4, -0.2) is 24.7 Å². The first-order chi connectivity index (χ1) is 7.18. The summed E-state index contributed by atoms with van der Waals surface area (Å²) in [6.07, 6.45) is 0. The highest BCUT2D eigenvalue weighted by molar-refractivity contribution is 5.42. The van der Waals surface area contributed by atoms with Crippen LogP contribution in [0, 0.1) is 12.7 Å². The molecule has 0 spiro atoms. The zero-order valence-electron chi connectivity index (χ0n) is 8.68. The number of benzene rings is 1. The number of piperazine rings is 1. The van der Waals surface area contributed by atoms with Gasteiger partial charge in [0.1, 0.15) is 11.6 Å². The maximum Gasteiger partial charge on any atom is 0.124 e. The molecule has 0 amide bonds. The van der Waals surface area contributed by atoms with Gasteiger partial charge in [-0.25, -0.2) is 4.39 Å². The van der Waals surface area contributed by atoms with E-state index in [-0.39, 0.29) is 17.6 Å². The lowest BCUT2D eigenvalue weighted by atomic mass is 10.0. The Morgan fingerprint density at radius 1 is 1.40 bits per heavy atom. The van der Waals surface area contributed by atoms with E-state index in [9.17, 15) is 9.50 Å². The number of phenols is 1. The average molecular weight is 210 g/mol. The van der Waals surface area contributed by atoms with Gasteiger partial charge in [-0.3, -0.25) is 0 Å². The van der Waals surface area contributed by atoms with Crippen LogP contribution in [0.5, 0.6) is 5.75 Å². The van der Waals surface area contributed by atoms with Crippen molar-refractivity contribution in [1.29, 1.82) is 0 Å². The normalized spacial score (nSPS) is 21.6. The Bertz CT molecular complexity index is 362. The van der Waals surface area contributed by atoms with Gasteiger partial charge in [0.2, 0.25) is 0 Å². The van der Waals surface area contributed by atoms with Crippen LogP contribution in [0.1, 0.15) is 17.2 Å². The summed E-state index contributed by atoms with van der Waals surface area (Å²) in [6.45, 7) is 4.17. The number of aryl methyl sites for hydroxylation is 1. The maximum absolute atomic E-state index is 13.2. The number of hydrogen-bond donors (Lipinski definition) is 3. The van der Waals surface area contributed by atoms with Crippen molar-refractivity contribution in [2.45, 2.75) is 13.0 Å². The largest absolute Gasteiger partial charge is 0.507 e. The zero-order chi connectivity index (χ0) is 10.8. The SMILES string of the molecule is Cc1cc(F)cc([C@@H]2CNCCN2)c1O. The minimum absolute atomic E-state index is 0.00634. The summed E-state index contributed by atoms with van der Waals surface area (Å²) in [4.78, 5) is 0. The first kappa shape index (κ1) is 10.4. The molecule has 1 aliphatic rings. The van der Waals surface area contributed by atoms with Crippen LogP contribution in [0.4, 0.5) is 4.39 Å². The van der Waals surface area contributed by atoms with Crippen LogP contribution < -0.4 is 10.6 Å². The van der Waals surface area contributed by atoms with Gasteiger partial charge in [-0.15, -0.1) is 0 Å². The molecule has 0 aromatic heterocycles. The Balaban J connectivity index is 2.33. The monoisotopic (exact) mass is 210 g/mol. The molecule has 15 heavy (non-hydrogen) atoms. The predicted molar refractivity (Wildman–Crippen MR) is 56.4 cm³/mol. The van der Waals surface area contributed by atoms with Gasteiger partial charge in [-0.2, -0.15) is 0 Å². The topological polar surface area (TPSA) is 44.3 Å². The smallest absolute Gasteiger partial charge is 0.124 e. The summed E-state index contributed by atoms with van der Waals surface area (Å²) in [5.74, 6) is -0.106. The maximum atomic E-state index is 13.2. The van der Waals surface area contributed by atoms with Gasteiger partial charge in [0.15, 0.2) is 0 Å². The first-order valence-corrected chi connectivity index (χ1v) is 5.11. The lowest BCUT2D eigenvalue weighted by Gasteiger charge is -2.25. The van der Waals surface area contributed by atoms with Crippen LogP contribution in [-0.2, 0) is 0 Å². The van der Waals surface area contributed by atoms with Gasteiger partial charge in [-0.1, -0.05) is 0 Å². The molecular weight excluding hydrogens is 195 g/mol. The van der Waals surface area contributed by atoms with Crippen LogP contribution in [0.25, 0.3) is 0 Å². The first-order valence-electron chi connectivity index (χ1n) is 5.11. The van der Waals surface area contributed by atoms with E-state index in [4.69, 9.17) is 0 Å². The second-order valence-electron chi connectivity index (χ2n) is 3.87. The van der Waals surface area contributed by atoms with E-state index in [1.54, 1.807) is 6.92 Å². The molecule has 1 aromatic rings. The quantitative estimate of drug-likeness (QED) is 0.649. The number of phenolic OH excluding ortho intramolecular Hbond substituents is 1. The molecule has 3 nitrogen and oxygen atoms in total. The molecule has 1 heterocycles. The number of rotatable bonds is 1.